The molecule has 0 fully saturated rings. The van der Waals surface area contributed by atoms with Crippen LogP contribution < -0.4 is 4.74 Å². The summed E-state index contributed by atoms with van der Waals surface area (Å²) in [7, 11) is 1.79. The molecule has 0 aliphatic carbocycles. The normalized spacial score (nSPS) is 11.9. The molecule has 1 unspecified atom stereocenters. The summed E-state index contributed by atoms with van der Waals surface area (Å²) in [6, 6.07) is 21.7. The molecule has 0 spiro atoms. The Balaban J connectivity index is 1.38. The van der Waals surface area contributed by atoms with Crippen molar-refractivity contribution in [2.24, 2.45) is 0 Å². The zero-order valence-electron chi connectivity index (χ0n) is 16.4. The van der Waals surface area contributed by atoms with Gasteiger partial charge < -0.3 is 9.64 Å². The first-order valence-corrected chi connectivity index (χ1v) is 9.44. The van der Waals surface area contributed by atoms with Crippen LogP contribution in [0.15, 0.2) is 79.4 Å². The van der Waals surface area contributed by atoms with Crippen LogP contribution in [0.25, 0.3) is 16.5 Å². The molecule has 1 aromatic heterocycles. The van der Waals surface area contributed by atoms with Gasteiger partial charge in [0.05, 0.1) is 11.7 Å². The van der Waals surface area contributed by atoms with E-state index in [2.05, 4.69) is 10.1 Å². The van der Waals surface area contributed by atoms with Gasteiger partial charge in [0.25, 0.3) is 5.91 Å². The summed E-state index contributed by atoms with van der Waals surface area (Å²) in [4.78, 5) is 18.3. The molecule has 6 heteroatoms. The van der Waals surface area contributed by atoms with Crippen LogP contribution in [0.3, 0.4) is 0 Å². The minimum absolute atomic E-state index is 0.00375. The molecule has 6 nitrogen and oxygen atoms in total. The summed E-state index contributed by atoms with van der Waals surface area (Å²) in [6.45, 7) is 1.99. The Bertz CT molecular complexity index is 1110. The number of hydrogen-bond donors (Lipinski definition) is 0. The summed E-state index contributed by atoms with van der Waals surface area (Å²) in [5.41, 5.74) is 1.96. The number of ether oxygens (including phenoxy) is 1. The predicted molar refractivity (Wildman–Crippen MR) is 112 cm³/mol. The van der Waals surface area contributed by atoms with E-state index < -0.39 is 0 Å². The van der Waals surface area contributed by atoms with Gasteiger partial charge in [0, 0.05) is 7.05 Å². The van der Waals surface area contributed by atoms with E-state index in [1.807, 2.05) is 73.7 Å². The topological polar surface area (TPSA) is 60.2 Å². The van der Waals surface area contributed by atoms with Crippen molar-refractivity contribution in [2.75, 3.05) is 13.7 Å². The summed E-state index contributed by atoms with van der Waals surface area (Å²) in [6.07, 6.45) is 3.15. The molecule has 146 valence electrons. The number of fused-ring (bicyclic) bond motifs is 1. The fourth-order valence-corrected chi connectivity index (χ4v) is 3.19. The van der Waals surface area contributed by atoms with Gasteiger partial charge in [-0.05, 0) is 47.5 Å². The Hall–Kier alpha value is -3.67. The van der Waals surface area contributed by atoms with E-state index in [1.165, 1.54) is 6.33 Å². The molecule has 1 atom stereocenters. The second kappa shape index (κ2) is 8.14. The number of carbonyl (C=O) groups is 1. The van der Waals surface area contributed by atoms with Crippen molar-refractivity contribution < 1.29 is 9.53 Å². The number of amides is 1. The minimum atomic E-state index is -0.0778. The number of hydrogen-bond acceptors (Lipinski definition) is 4. The maximum atomic E-state index is 12.6. The van der Waals surface area contributed by atoms with E-state index in [0.29, 0.717) is 5.75 Å². The lowest BCUT2D eigenvalue weighted by Crippen LogP contribution is -2.33. The van der Waals surface area contributed by atoms with Gasteiger partial charge in [-0.2, -0.15) is 5.10 Å². The van der Waals surface area contributed by atoms with Crippen molar-refractivity contribution in [3.63, 3.8) is 0 Å². The van der Waals surface area contributed by atoms with Crippen molar-refractivity contribution >= 4 is 16.7 Å². The van der Waals surface area contributed by atoms with Crippen molar-refractivity contribution in [2.45, 2.75) is 13.0 Å². The largest absolute Gasteiger partial charge is 0.484 e. The standard InChI is InChI=1S/C23H22N4O2/c1-17(18-7-10-21(11-8-18)27-16-24-15-25-27)26(2)23(28)14-29-22-12-9-19-5-3-4-6-20(19)13-22/h3-13,15-17H,14H2,1-2H3. The van der Waals surface area contributed by atoms with Gasteiger partial charge in [0.1, 0.15) is 18.4 Å². The zero-order chi connectivity index (χ0) is 20.2. The van der Waals surface area contributed by atoms with Crippen molar-refractivity contribution in [3.8, 4) is 11.4 Å². The van der Waals surface area contributed by atoms with Crippen LogP contribution in [0.5, 0.6) is 5.75 Å². The molecule has 4 aromatic rings. The first-order chi connectivity index (χ1) is 14.1. The molecule has 3 aromatic carbocycles. The Morgan fingerprint density at radius 1 is 1.07 bits per heavy atom. The Morgan fingerprint density at radius 3 is 2.55 bits per heavy atom. The molecule has 4 rings (SSSR count). The lowest BCUT2D eigenvalue weighted by atomic mass is 10.1. The minimum Gasteiger partial charge on any atom is -0.484 e. The summed E-state index contributed by atoms with van der Waals surface area (Å²) in [5, 5.41) is 6.36. The van der Waals surface area contributed by atoms with Gasteiger partial charge in [-0.3, -0.25) is 4.79 Å². The SMILES string of the molecule is CC(c1ccc(-n2cncn2)cc1)N(C)C(=O)COc1ccc2ccccc2c1. The monoisotopic (exact) mass is 386 g/mol. The highest BCUT2D eigenvalue weighted by molar-refractivity contribution is 5.84. The average molecular weight is 386 g/mol. The van der Waals surface area contributed by atoms with E-state index >= 15 is 0 Å². The number of likely N-dealkylation sites (N-methyl/N-ethyl adjacent to an activating group) is 1. The lowest BCUT2D eigenvalue weighted by Gasteiger charge is -2.25. The molecule has 0 saturated heterocycles. The van der Waals surface area contributed by atoms with E-state index in [9.17, 15) is 4.79 Å². The van der Waals surface area contributed by atoms with E-state index in [1.54, 1.807) is 23.0 Å². The fourth-order valence-electron chi connectivity index (χ4n) is 3.19. The van der Waals surface area contributed by atoms with Gasteiger partial charge >= 0.3 is 0 Å². The maximum absolute atomic E-state index is 12.6. The predicted octanol–water partition coefficient (Wildman–Crippen LogP) is 4.02. The molecule has 1 heterocycles. The molecule has 0 radical (unpaired) electrons. The number of benzene rings is 3. The summed E-state index contributed by atoms with van der Waals surface area (Å²) in [5.74, 6) is 0.612. The maximum Gasteiger partial charge on any atom is 0.260 e. The molecule has 1 amide bonds. The van der Waals surface area contributed by atoms with E-state index in [0.717, 1.165) is 22.0 Å². The molecular formula is C23H22N4O2. The first kappa shape index (κ1) is 18.7. The van der Waals surface area contributed by atoms with Gasteiger partial charge in [-0.15, -0.1) is 0 Å². The Labute approximate surface area is 169 Å². The highest BCUT2D eigenvalue weighted by atomic mass is 16.5. The smallest absolute Gasteiger partial charge is 0.260 e. The van der Waals surface area contributed by atoms with E-state index in [-0.39, 0.29) is 18.6 Å². The van der Waals surface area contributed by atoms with Crippen LogP contribution in [0.2, 0.25) is 0 Å². The highest BCUT2D eigenvalue weighted by Gasteiger charge is 2.18. The zero-order valence-corrected chi connectivity index (χ0v) is 16.4. The Morgan fingerprint density at radius 2 is 1.83 bits per heavy atom. The van der Waals surface area contributed by atoms with Crippen LogP contribution >= 0.6 is 0 Å². The molecule has 0 saturated carbocycles. The fraction of sp³-hybridized carbons (Fsp3) is 0.174. The molecule has 0 N–H and O–H groups in total. The summed E-state index contributed by atoms with van der Waals surface area (Å²) < 4.78 is 7.44. The third kappa shape index (κ3) is 4.11. The lowest BCUT2D eigenvalue weighted by molar-refractivity contribution is -0.134. The van der Waals surface area contributed by atoms with Crippen LogP contribution in [0.4, 0.5) is 0 Å². The van der Waals surface area contributed by atoms with Gasteiger partial charge in [-0.1, -0.05) is 42.5 Å². The Kier molecular flexibility index (Phi) is 5.24. The van der Waals surface area contributed by atoms with Crippen molar-refractivity contribution in [1.29, 1.82) is 0 Å². The first-order valence-electron chi connectivity index (χ1n) is 9.44. The number of carbonyl (C=O) groups excluding carboxylic acids is 1. The van der Waals surface area contributed by atoms with E-state index in [4.69, 9.17) is 4.74 Å². The van der Waals surface area contributed by atoms with Crippen molar-refractivity contribution in [3.05, 3.63) is 84.9 Å². The highest BCUT2D eigenvalue weighted by Crippen LogP contribution is 2.22. The van der Waals surface area contributed by atoms with Crippen LogP contribution in [-0.4, -0.2) is 39.2 Å². The second-order valence-electron chi connectivity index (χ2n) is 6.91. The van der Waals surface area contributed by atoms with Crippen molar-refractivity contribution in [1.82, 2.24) is 19.7 Å². The molecule has 0 aliphatic rings. The summed E-state index contributed by atoms with van der Waals surface area (Å²) >= 11 is 0. The molecular weight excluding hydrogens is 364 g/mol. The third-order valence-corrected chi connectivity index (χ3v) is 5.12. The number of rotatable bonds is 6. The molecule has 0 bridgehead atoms. The number of aromatic nitrogens is 3. The van der Waals surface area contributed by atoms with Crippen LogP contribution in [0, 0.1) is 0 Å². The van der Waals surface area contributed by atoms with Gasteiger partial charge in [0.2, 0.25) is 0 Å². The molecule has 29 heavy (non-hydrogen) atoms. The van der Waals surface area contributed by atoms with Gasteiger partial charge in [0.15, 0.2) is 6.61 Å². The van der Waals surface area contributed by atoms with Crippen LogP contribution in [-0.2, 0) is 4.79 Å². The second-order valence-corrected chi connectivity index (χ2v) is 6.91. The average Bonchev–Trinajstić information content (AvgIpc) is 3.31. The quantitative estimate of drug-likeness (QED) is 0.502. The number of nitrogens with zero attached hydrogens (tertiary/aromatic N) is 4. The van der Waals surface area contributed by atoms with Crippen LogP contribution in [0.1, 0.15) is 18.5 Å². The third-order valence-electron chi connectivity index (χ3n) is 5.12. The van der Waals surface area contributed by atoms with Gasteiger partial charge in [-0.25, -0.2) is 9.67 Å². The molecule has 0 aliphatic heterocycles.